The summed E-state index contributed by atoms with van der Waals surface area (Å²) in [6, 6.07) is 17.0. The van der Waals surface area contributed by atoms with E-state index < -0.39 is 0 Å². The second kappa shape index (κ2) is 6.90. The Morgan fingerprint density at radius 2 is 2.00 bits per heavy atom. The van der Waals surface area contributed by atoms with Gasteiger partial charge < -0.3 is 10.1 Å². The molecule has 0 aliphatic carbocycles. The molecule has 0 saturated heterocycles. The van der Waals surface area contributed by atoms with E-state index in [4.69, 9.17) is 4.74 Å². The minimum Gasteiger partial charge on any atom is -0.452 e. The Morgan fingerprint density at radius 3 is 2.86 bits per heavy atom. The minimum absolute atomic E-state index is 0.0685. The Balaban J connectivity index is 1.60. The molecule has 6 heteroatoms. The van der Waals surface area contributed by atoms with E-state index in [-0.39, 0.29) is 17.7 Å². The molecule has 5 nitrogen and oxygen atoms in total. The highest BCUT2D eigenvalue weighted by molar-refractivity contribution is 5.95. The van der Waals surface area contributed by atoms with E-state index in [1.54, 1.807) is 12.3 Å². The zero-order chi connectivity index (χ0) is 20.0. The molecule has 0 amide bonds. The molecule has 4 aromatic rings. The number of fused-ring (bicyclic) bond motifs is 2. The van der Waals surface area contributed by atoms with Crippen molar-refractivity contribution in [3.63, 3.8) is 0 Å². The molecule has 3 aromatic carbocycles. The highest BCUT2D eigenvalue weighted by Gasteiger charge is 2.24. The zero-order valence-corrected chi connectivity index (χ0v) is 16.2. The van der Waals surface area contributed by atoms with E-state index >= 15 is 0 Å². The Hall–Kier alpha value is -3.38. The number of benzene rings is 3. The van der Waals surface area contributed by atoms with Crippen molar-refractivity contribution in [3.8, 4) is 11.5 Å². The molecule has 0 saturated carbocycles. The molecular formula is C23H21FN4O. The molecule has 29 heavy (non-hydrogen) atoms. The van der Waals surface area contributed by atoms with E-state index in [2.05, 4.69) is 27.9 Å². The number of anilines is 1. The van der Waals surface area contributed by atoms with Gasteiger partial charge in [0.1, 0.15) is 6.17 Å². The fourth-order valence-corrected chi connectivity index (χ4v) is 3.87. The molecule has 2 N–H and O–H groups in total. The van der Waals surface area contributed by atoms with Crippen molar-refractivity contribution in [2.75, 3.05) is 5.32 Å². The monoisotopic (exact) mass is 388 g/mol. The Kier molecular flexibility index (Phi) is 4.21. The summed E-state index contributed by atoms with van der Waals surface area (Å²) in [6.45, 7) is 2.63. The van der Waals surface area contributed by atoms with Crippen LogP contribution in [0.2, 0.25) is 0 Å². The van der Waals surface area contributed by atoms with Gasteiger partial charge in [0.25, 0.3) is 0 Å². The molecule has 5 rings (SSSR count). The predicted molar refractivity (Wildman–Crippen MR) is 112 cm³/mol. The number of para-hydroxylation sites is 1. The lowest BCUT2D eigenvalue weighted by atomic mass is 10.1. The molecule has 1 aliphatic heterocycles. The summed E-state index contributed by atoms with van der Waals surface area (Å²) in [7, 11) is 1.90. The average molecular weight is 388 g/mol. The van der Waals surface area contributed by atoms with E-state index in [9.17, 15) is 4.39 Å². The molecule has 0 spiro atoms. The predicted octanol–water partition coefficient (Wildman–Crippen LogP) is 5.03. The highest BCUT2D eigenvalue weighted by atomic mass is 19.1. The normalized spacial score (nSPS) is 15.5. The molecule has 1 aliphatic rings. The van der Waals surface area contributed by atoms with Crippen LogP contribution in [-0.4, -0.2) is 9.78 Å². The Morgan fingerprint density at radius 1 is 1.14 bits per heavy atom. The van der Waals surface area contributed by atoms with Crippen LogP contribution >= 0.6 is 0 Å². The second-order valence-corrected chi connectivity index (χ2v) is 7.28. The van der Waals surface area contributed by atoms with Crippen molar-refractivity contribution in [2.24, 2.45) is 7.05 Å². The van der Waals surface area contributed by atoms with Crippen LogP contribution in [0.15, 0.2) is 60.8 Å². The lowest BCUT2D eigenvalue weighted by Crippen LogP contribution is -2.21. The highest BCUT2D eigenvalue weighted by Crippen LogP contribution is 2.40. The van der Waals surface area contributed by atoms with Crippen LogP contribution in [0.4, 0.5) is 10.1 Å². The number of aryl methyl sites for hydroxylation is 2. The lowest BCUT2D eigenvalue weighted by Gasteiger charge is -2.20. The Labute approximate surface area is 168 Å². The third kappa shape index (κ3) is 3.02. The number of hydrogen-bond donors (Lipinski definition) is 2. The fourth-order valence-electron chi connectivity index (χ4n) is 3.87. The van der Waals surface area contributed by atoms with Gasteiger partial charge in [-0.2, -0.15) is 5.10 Å². The summed E-state index contributed by atoms with van der Waals surface area (Å²) in [4.78, 5) is 0. The largest absolute Gasteiger partial charge is 0.452 e. The summed E-state index contributed by atoms with van der Waals surface area (Å²) < 4.78 is 22.3. The molecule has 1 aromatic heterocycles. The molecule has 1 unspecified atom stereocenters. The van der Waals surface area contributed by atoms with Gasteiger partial charge in [-0.25, -0.2) is 4.39 Å². The van der Waals surface area contributed by atoms with Crippen molar-refractivity contribution in [2.45, 2.75) is 19.6 Å². The topological polar surface area (TPSA) is 51.1 Å². The second-order valence-electron chi connectivity index (χ2n) is 7.28. The van der Waals surface area contributed by atoms with Gasteiger partial charge in [0, 0.05) is 19.0 Å². The molecule has 0 radical (unpaired) electrons. The summed E-state index contributed by atoms with van der Waals surface area (Å²) >= 11 is 0. The maximum atomic E-state index is 14.4. The molecular weight excluding hydrogens is 367 g/mol. The van der Waals surface area contributed by atoms with Crippen LogP contribution in [0, 0.1) is 12.7 Å². The third-order valence-electron chi connectivity index (χ3n) is 5.42. The van der Waals surface area contributed by atoms with E-state index in [1.807, 2.05) is 49.0 Å². The van der Waals surface area contributed by atoms with Gasteiger partial charge in [0.15, 0.2) is 17.3 Å². The summed E-state index contributed by atoms with van der Waals surface area (Å²) in [6.07, 6.45) is 1.74. The first-order valence-corrected chi connectivity index (χ1v) is 9.57. The van der Waals surface area contributed by atoms with Gasteiger partial charge in [0.2, 0.25) is 0 Å². The number of aromatic nitrogens is 2. The lowest BCUT2D eigenvalue weighted by molar-refractivity contribution is 0.439. The van der Waals surface area contributed by atoms with Crippen LogP contribution in [0.3, 0.4) is 0 Å². The van der Waals surface area contributed by atoms with Gasteiger partial charge in [0.05, 0.1) is 17.4 Å². The SMILES string of the molecule is Cc1cccc(F)c1Oc1ccc2c(cnn2C)c1NC1NCc2ccccc21. The molecule has 146 valence electrons. The van der Waals surface area contributed by atoms with Crippen molar-refractivity contribution in [1.82, 2.24) is 15.1 Å². The fraction of sp³-hybridized carbons (Fsp3) is 0.174. The third-order valence-corrected chi connectivity index (χ3v) is 5.42. The summed E-state index contributed by atoms with van der Waals surface area (Å²) in [5.74, 6) is 0.412. The first-order valence-electron chi connectivity index (χ1n) is 9.57. The van der Waals surface area contributed by atoms with E-state index in [0.717, 1.165) is 28.7 Å². The molecule has 0 fully saturated rings. The van der Waals surface area contributed by atoms with Gasteiger partial charge >= 0.3 is 0 Å². The van der Waals surface area contributed by atoms with Crippen LogP contribution in [0.5, 0.6) is 11.5 Å². The molecule has 0 bridgehead atoms. The smallest absolute Gasteiger partial charge is 0.166 e. The summed E-state index contributed by atoms with van der Waals surface area (Å²) in [5.41, 5.74) is 4.95. The van der Waals surface area contributed by atoms with Crippen molar-refractivity contribution >= 4 is 16.6 Å². The standard InChI is InChI=1S/C23H21FN4O/c1-14-6-5-9-18(24)22(14)29-20-11-10-19-17(13-26-28(19)2)21(20)27-23-16-8-4-3-7-15(16)12-25-23/h3-11,13,23,25,27H,12H2,1-2H3. The number of nitrogens with zero attached hydrogens (tertiary/aromatic N) is 2. The van der Waals surface area contributed by atoms with Crippen LogP contribution < -0.4 is 15.4 Å². The number of ether oxygens (including phenoxy) is 1. The number of nitrogens with one attached hydrogen (secondary N) is 2. The van der Waals surface area contributed by atoms with E-state index in [0.29, 0.717) is 5.75 Å². The van der Waals surface area contributed by atoms with Crippen LogP contribution in [-0.2, 0) is 13.6 Å². The van der Waals surface area contributed by atoms with Crippen LogP contribution in [0.25, 0.3) is 10.9 Å². The number of halogens is 1. The quantitative estimate of drug-likeness (QED) is 0.515. The Bertz CT molecular complexity index is 1200. The maximum absolute atomic E-state index is 14.4. The van der Waals surface area contributed by atoms with Crippen molar-refractivity contribution in [3.05, 3.63) is 83.3 Å². The average Bonchev–Trinajstić information content (AvgIpc) is 3.30. The van der Waals surface area contributed by atoms with Crippen molar-refractivity contribution < 1.29 is 9.13 Å². The molecule has 1 atom stereocenters. The number of hydrogen-bond acceptors (Lipinski definition) is 4. The molecule has 2 heterocycles. The van der Waals surface area contributed by atoms with Gasteiger partial charge in [-0.3, -0.25) is 10.00 Å². The zero-order valence-electron chi connectivity index (χ0n) is 16.2. The van der Waals surface area contributed by atoms with Crippen molar-refractivity contribution in [1.29, 1.82) is 0 Å². The van der Waals surface area contributed by atoms with Crippen LogP contribution in [0.1, 0.15) is 22.9 Å². The van der Waals surface area contributed by atoms with E-state index in [1.165, 1.54) is 17.2 Å². The first kappa shape index (κ1) is 17.7. The number of rotatable bonds is 4. The summed E-state index contributed by atoms with van der Waals surface area (Å²) in [5, 5.41) is 12.4. The van der Waals surface area contributed by atoms with Gasteiger partial charge in [-0.1, -0.05) is 36.4 Å². The minimum atomic E-state index is -0.383. The maximum Gasteiger partial charge on any atom is 0.166 e. The van der Waals surface area contributed by atoms with Gasteiger partial charge in [-0.05, 0) is 41.8 Å². The van der Waals surface area contributed by atoms with Gasteiger partial charge in [-0.15, -0.1) is 0 Å². The first-order chi connectivity index (χ1) is 14.1.